The molecule has 9 heteroatoms. The first kappa shape index (κ1) is 15.1. The fourth-order valence-electron chi connectivity index (χ4n) is 2.39. The number of halogens is 2. The third kappa shape index (κ3) is 3.03. The highest BCUT2D eigenvalue weighted by molar-refractivity contribution is 6.05. The second-order valence-electron chi connectivity index (χ2n) is 5.30. The van der Waals surface area contributed by atoms with Crippen LogP contribution in [0.4, 0.5) is 8.78 Å². The quantitative estimate of drug-likeness (QED) is 0.867. The van der Waals surface area contributed by atoms with Gasteiger partial charge in [-0.2, -0.15) is 0 Å². The van der Waals surface area contributed by atoms with Crippen LogP contribution >= 0.6 is 0 Å². The van der Waals surface area contributed by atoms with Gasteiger partial charge in [-0.05, 0) is 24.6 Å². The van der Waals surface area contributed by atoms with Gasteiger partial charge in [-0.3, -0.25) is 9.59 Å². The van der Waals surface area contributed by atoms with Crippen molar-refractivity contribution < 1.29 is 18.4 Å². The molecule has 0 saturated heterocycles. The van der Waals surface area contributed by atoms with Crippen LogP contribution in [0.2, 0.25) is 0 Å². The highest BCUT2D eigenvalue weighted by Crippen LogP contribution is 2.12. The molecule has 2 heterocycles. The van der Waals surface area contributed by atoms with Crippen molar-refractivity contribution in [3.63, 3.8) is 0 Å². The average molecular weight is 321 g/mol. The lowest BCUT2D eigenvalue weighted by Gasteiger charge is -2.20. The molecule has 0 spiro atoms. The van der Waals surface area contributed by atoms with Crippen molar-refractivity contribution in [3.05, 3.63) is 46.8 Å². The summed E-state index contributed by atoms with van der Waals surface area (Å²) < 4.78 is 27.6. The van der Waals surface area contributed by atoms with E-state index in [0.29, 0.717) is 6.54 Å². The van der Waals surface area contributed by atoms with Crippen LogP contribution in [0.1, 0.15) is 33.5 Å². The highest BCUT2D eigenvalue weighted by Gasteiger charge is 2.30. The summed E-state index contributed by atoms with van der Waals surface area (Å²) in [7, 11) is 0. The molecule has 120 valence electrons. The molecule has 1 atom stereocenters. The first-order valence-electron chi connectivity index (χ1n) is 6.91. The molecule has 1 aliphatic rings. The van der Waals surface area contributed by atoms with Crippen LogP contribution in [0.15, 0.2) is 18.2 Å². The second kappa shape index (κ2) is 5.75. The van der Waals surface area contributed by atoms with Crippen LogP contribution in [0.25, 0.3) is 0 Å². The van der Waals surface area contributed by atoms with Crippen LogP contribution in [-0.4, -0.2) is 32.9 Å². The number of benzene rings is 1. The van der Waals surface area contributed by atoms with E-state index in [1.165, 1.54) is 4.68 Å². The van der Waals surface area contributed by atoms with Gasteiger partial charge in [-0.1, -0.05) is 5.21 Å². The van der Waals surface area contributed by atoms with Crippen molar-refractivity contribution in [1.82, 2.24) is 25.6 Å². The Morgan fingerprint density at radius 3 is 2.78 bits per heavy atom. The third-order valence-corrected chi connectivity index (χ3v) is 3.36. The number of carbonyl (C=O) groups is 2. The molecule has 0 bridgehead atoms. The average Bonchev–Trinajstić information content (AvgIpc) is 2.87. The van der Waals surface area contributed by atoms with E-state index in [2.05, 4.69) is 20.9 Å². The van der Waals surface area contributed by atoms with Gasteiger partial charge >= 0.3 is 0 Å². The number of amides is 2. The van der Waals surface area contributed by atoms with E-state index < -0.39 is 23.4 Å². The third-order valence-electron chi connectivity index (χ3n) is 3.36. The Labute approximate surface area is 129 Å². The van der Waals surface area contributed by atoms with Crippen LogP contribution in [-0.2, 0) is 13.1 Å². The summed E-state index contributed by atoms with van der Waals surface area (Å²) in [6.45, 7) is 2.12. The van der Waals surface area contributed by atoms with Gasteiger partial charge in [-0.25, -0.2) is 13.5 Å². The predicted molar refractivity (Wildman–Crippen MR) is 74.5 cm³/mol. The maximum Gasteiger partial charge on any atom is 0.274 e. The maximum absolute atomic E-state index is 13.1. The lowest BCUT2D eigenvalue weighted by Crippen LogP contribution is -2.43. The molecule has 2 aromatic rings. The van der Waals surface area contributed by atoms with Gasteiger partial charge in [-0.15, -0.1) is 5.10 Å². The summed E-state index contributed by atoms with van der Waals surface area (Å²) in [5.41, 5.74) is 0.215. The van der Waals surface area contributed by atoms with Crippen molar-refractivity contribution >= 4 is 11.8 Å². The Hall–Kier alpha value is -2.84. The van der Waals surface area contributed by atoms with Gasteiger partial charge in [0.25, 0.3) is 11.8 Å². The van der Waals surface area contributed by atoms with E-state index in [1.54, 1.807) is 6.92 Å². The molecule has 1 aliphatic heterocycles. The number of carbonyl (C=O) groups excluding carboxylic acids is 2. The molecule has 2 amide bonds. The Bertz CT molecular complexity index is 769. The van der Waals surface area contributed by atoms with Crippen LogP contribution in [0.5, 0.6) is 0 Å². The smallest absolute Gasteiger partial charge is 0.274 e. The molecule has 1 aromatic heterocycles. The van der Waals surface area contributed by atoms with Crippen molar-refractivity contribution in [1.29, 1.82) is 0 Å². The minimum absolute atomic E-state index is 0.0750. The normalized spacial score (nSPS) is 16.7. The standard InChI is InChI=1S/C14H13F2N5O2/c1-7-6-21-12(14(23)18-7)11(19-20-21)13(22)17-5-8-2-9(15)4-10(16)3-8/h2-4,7H,5-6H2,1H3,(H,17,22)(H,18,23)/t7-/m0/s1. The molecule has 0 fully saturated rings. The summed E-state index contributed by atoms with van der Waals surface area (Å²) in [6, 6.07) is 2.85. The van der Waals surface area contributed by atoms with Crippen molar-refractivity contribution in [2.24, 2.45) is 0 Å². The molecule has 7 nitrogen and oxygen atoms in total. The molecule has 23 heavy (non-hydrogen) atoms. The van der Waals surface area contributed by atoms with Crippen LogP contribution in [0.3, 0.4) is 0 Å². The zero-order valence-electron chi connectivity index (χ0n) is 12.1. The number of fused-ring (bicyclic) bond motifs is 1. The first-order chi connectivity index (χ1) is 10.9. The van der Waals surface area contributed by atoms with Crippen LogP contribution < -0.4 is 10.6 Å². The van der Waals surface area contributed by atoms with E-state index in [0.717, 1.165) is 18.2 Å². The minimum atomic E-state index is -0.733. The van der Waals surface area contributed by atoms with Crippen molar-refractivity contribution in [3.8, 4) is 0 Å². The number of hydrogen-bond donors (Lipinski definition) is 2. The molecule has 3 rings (SSSR count). The van der Waals surface area contributed by atoms with Gasteiger partial charge in [0.2, 0.25) is 0 Å². The van der Waals surface area contributed by atoms with Gasteiger partial charge in [0.1, 0.15) is 11.6 Å². The van der Waals surface area contributed by atoms with Gasteiger partial charge < -0.3 is 10.6 Å². The molecule has 2 N–H and O–H groups in total. The number of hydrogen-bond acceptors (Lipinski definition) is 4. The fraction of sp³-hybridized carbons (Fsp3) is 0.286. The first-order valence-corrected chi connectivity index (χ1v) is 6.91. The summed E-state index contributed by atoms with van der Waals surface area (Å²) in [6.07, 6.45) is 0. The predicted octanol–water partition coefficient (Wildman–Crippen LogP) is 0.618. The monoisotopic (exact) mass is 321 g/mol. The Morgan fingerprint density at radius 2 is 2.09 bits per heavy atom. The van der Waals surface area contributed by atoms with Crippen molar-refractivity contribution in [2.75, 3.05) is 0 Å². The SMILES string of the molecule is C[C@H]1Cn2nnc(C(=O)NCc3cc(F)cc(F)c3)c2C(=O)N1. The molecule has 0 aliphatic carbocycles. The topological polar surface area (TPSA) is 88.9 Å². The molecule has 0 radical (unpaired) electrons. The number of nitrogens with one attached hydrogen (secondary N) is 2. The number of rotatable bonds is 3. The van der Waals surface area contributed by atoms with E-state index in [1.807, 2.05) is 0 Å². The van der Waals surface area contributed by atoms with E-state index in [-0.39, 0.29) is 29.5 Å². The molecular weight excluding hydrogens is 308 g/mol. The lowest BCUT2D eigenvalue weighted by molar-refractivity contribution is 0.0880. The molecule has 0 unspecified atom stereocenters. The summed E-state index contributed by atoms with van der Waals surface area (Å²) in [4.78, 5) is 24.1. The van der Waals surface area contributed by atoms with Gasteiger partial charge in [0.05, 0.1) is 6.54 Å². The Morgan fingerprint density at radius 1 is 1.39 bits per heavy atom. The summed E-state index contributed by atoms with van der Waals surface area (Å²) >= 11 is 0. The molecule has 0 saturated carbocycles. The van der Waals surface area contributed by atoms with Crippen molar-refractivity contribution in [2.45, 2.75) is 26.1 Å². The summed E-state index contributed by atoms with van der Waals surface area (Å²) in [5.74, 6) is -2.54. The van der Waals surface area contributed by atoms with E-state index >= 15 is 0 Å². The highest BCUT2D eigenvalue weighted by atomic mass is 19.1. The zero-order valence-corrected chi connectivity index (χ0v) is 12.1. The fourth-order valence-corrected chi connectivity index (χ4v) is 2.39. The Balaban J connectivity index is 1.76. The van der Waals surface area contributed by atoms with Gasteiger partial charge in [0.15, 0.2) is 11.4 Å². The number of nitrogens with zero attached hydrogens (tertiary/aromatic N) is 3. The molecule has 1 aromatic carbocycles. The second-order valence-corrected chi connectivity index (χ2v) is 5.30. The molecular formula is C14H13F2N5O2. The van der Waals surface area contributed by atoms with E-state index in [9.17, 15) is 18.4 Å². The van der Waals surface area contributed by atoms with Crippen LogP contribution in [0, 0.1) is 11.6 Å². The largest absolute Gasteiger partial charge is 0.346 e. The Kier molecular flexibility index (Phi) is 3.77. The summed E-state index contributed by atoms with van der Waals surface area (Å²) in [5, 5.41) is 12.7. The van der Waals surface area contributed by atoms with Gasteiger partial charge in [0, 0.05) is 18.7 Å². The van der Waals surface area contributed by atoms with E-state index in [4.69, 9.17) is 0 Å². The zero-order chi connectivity index (χ0) is 16.6. The lowest BCUT2D eigenvalue weighted by atomic mass is 10.2. The minimum Gasteiger partial charge on any atom is -0.346 e. The number of aromatic nitrogens is 3. The maximum atomic E-state index is 13.1.